The van der Waals surface area contributed by atoms with Crippen LogP contribution in [0.25, 0.3) is 0 Å². The van der Waals surface area contributed by atoms with E-state index in [4.69, 9.17) is 0 Å². The van der Waals surface area contributed by atoms with E-state index in [0.717, 1.165) is 19.3 Å². The Kier molecular flexibility index (Phi) is 6.38. The normalized spacial score (nSPS) is 20.1. The molecule has 0 aromatic carbocycles. The Morgan fingerprint density at radius 3 is 2.14 bits per heavy atom. The second-order valence-electron chi connectivity index (χ2n) is 4.68. The monoisotopic (exact) mass is 202 g/mol. The van der Waals surface area contributed by atoms with Gasteiger partial charge in [-0.05, 0) is 38.5 Å². The molecule has 0 aliphatic heterocycles. The van der Waals surface area contributed by atoms with Crippen LogP contribution in [0.3, 0.4) is 0 Å². The summed E-state index contributed by atoms with van der Waals surface area (Å²) in [6, 6.07) is 0. The van der Waals surface area contributed by atoms with E-state index in [0.29, 0.717) is 18.8 Å². The van der Waals surface area contributed by atoms with Crippen molar-refractivity contribution in [2.24, 2.45) is 5.92 Å². The van der Waals surface area contributed by atoms with Gasteiger partial charge in [0.05, 0.1) is 11.7 Å². The van der Waals surface area contributed by atoms with Crippen molar-refractivity contribution in [1.29, 1.82) is 0 Å². The van der Waals surface area contributed by atoms with E-state index in [-0.39, 0.29) is 6.10 Å². The first-order valence-electron chi connectivity index (χ1n) is 5.84. The van der Waals surface area contributed by atoms with Crippen LogP contribution in [0.4, 0.5) is 0 Å². The van der Waals surface area contributed by atoms with Crippen LogP contribution in [-0.4, -0.2) is 21.9 Å². The highest BCUT2D eigenvalue weighted by Crippen LogP contribution is 2.27. The van der Waals surface area contributed by atoms with Crippen molar-refractivity contribution in [3.8, 4) is 0 Å². The van der Waals surface area contributed by atoms with Gasteiger partial charge in [-0.2, -0.15) is 0 Å². The van der Waals surface area contributed by atoms with Crippen LogP contribution >= 0.6 is 0 Å². The van der Waals surface area contributed by atoms with Crippen LogP contribution in [0.2, 0.25) is 0 Å². The molecule has 3 atom stereocenters. The molecule has 0 saturated heterocycles. The lowest BCUT2D eigenvalue weighted by molar-refractivity contribution is -0.00607. The molecule has 14 heavy (non-hydrogen) atoms. The molecule has 2 N–H and O–H groups in total. The quantitative estimate of drug-likeness (QED) is 0.666. The predicted molar refractivity (Wildman–Crippen MR) is 60.2 cm³/mol. The first-order valence-corrected chi connectivity index (χ1v) is 5.84. The van der Waals surface area contributed by atoms with Gasteiger partial charge >= 0.3 is 0 Å². The van der Waals surface area contributed by atoms with E-state index in [1.165, 1.54) is 0 Å². The third-order valence-corrected chi connectivity index (χ3v) is 3.11. The first-order chi connectivity index (χ1) is 6.43. The molecule has 0 rings (SSSR count). The summed E-state index contributed by atoms with van der Waals surface area (Å²) in [7, 11) is 0. The van der Waals surface area contributed by atoms with Crippen LogP contribution in [0.1, 0.15) is 59.8 Å². The van der Waals surface area contributed by atoms with Crippen molar-refractivity contribution in [1.82, 2.24) is 0 Å². The molecule has 86 valence electrons. The molecule has 0 aliphatic carbocycles. The topological polar surface area (TPSA) is 40.5 Å². The highest BCUT2D eigenvalue weighted by molar-refractivity contribution is 4.79. The summed E-state index contributed by atoms with van der Waals surface area (Å²) in [5, 5.41) is 19.5. The molecule has 3 unspecified atom stereocenters. The molecule has 0 aromatic heterocycles. The third kappa shape index (κ3) is 5.61. The minimum absolute atomic E-state index is 0.301. The van der Waals surface area contributed by atoms with E-state index in [2.05, 4.69) is 13.8 Å². The average molecular weight is 202 g/mol. The Labute approximate surface area is 88.3 Å². The predicted octanol–water partition coefficient (Wildman–Crippen LogP) is 2.72. The molecular weight excluding hydrogens is 176 g/mol. The maximum absolute atomic E-state index is 10.3. The zero-order valence-corrected chi connectivity index (χ0v) is 10.1. The molecule has 0 amide bonds. The maximum Gasteiger partial charge on any atom is 0.0648 e. The van der Waals surface area contributed by atoms with Crippen molar-refractivity contribution in [2.75, 3.05) is 0 Å². The van der Waals surface area contributed by atoms with Crippen molar-refractivity contribution in [3.63, 3.8) is 0 Å². The Hall–Kier alpha value is -0.0800. The van der Waals surface area contributed by atoms with Gasteiger partial charge < -0.3 is 10.2 Å². The van der Waals surface area contributed by atoms with Crippen LogP contribution in [-0.2, 0) is 0 Å². The average Bonchev–Trinajstić information content (AvgIpc) is 2.14. The summed E-state index contributed by atoms with van der Waals surface area (Å²) in [5.74, 6) is 0.564. The highest BCUT2D eigenvalue weighted by atomic mass is 16.3. The van der Waals surface area contributed by atoms with E-state index < -0.39 is 5.60 Å². The van der Waals surface area contributed by atoms with Crippen molar-refractivity contribution in [2.45, 2.75) is 71.5 Å². The number of aliphatic hydroxyl groups is 2. The summed E-state index contributed by atoms with van der Waals surface area (Å²) in [6.07, 6.45) is 3.85. The van der Waals surface area contributed by atoms with E-state index in [1.807, 2.05) is 6.92 Å². The van der Waals surface area contributed by atoms with Crippen LogP contribution in [0.15, 0.2) is 0 Å². The second kappa shape index (κ2) is 6.41. The number of hydrogen-bond donors (Lipinski definition) is 2. The molecule has 0 saturated carbocycles. The zero-order chi connectivity index (χ0) is 11.2. The van der Waals surface area contributed by atoms with Gasteiger partial charge in [0.15, 0.2) is 0 Å². The lowest BCUT2D eigenvalue weighted by atomic mass is 9.84. The smallest absolute Gasteiger partial charge is 0.0648 e. The summed E-state index contributed by atoms with van der Waals surface area (Å²) >= 11 is 0. The van der Waals surface area contributed by atoms with Gasteiger partial charge in [0.25, 0.3) is 0 Å². The fraction of sp³-hybridized carbons (Fsp3) is 1.00. The number of hydrogen-bond acceptors (Lipinski definition) is 2. The largest absolute Gasteiger partial charge is 0.393 e. The lowest BCUT2D eigenvalue weighted by Gasteiger charge is -2.30. The van der Waals surface area contributed by atoms with Crippen LogP contribution in [0.5, 0.6) is 0 Å². The molecule has 2 heteroatoms. The summed E-state index contributed by atoms with van der Waals surface area (Å²) < 4.78 is 0. The van der Waals surface area contributed by atoms with Crippen LogP contribution < -0.4 is 0 Å². The molecular formula is C12H26O2. The lowest BCUT2D eigenvalue weighted by Crippen LogP contribution is -2.31. The SMILES string of the molecule is CCC(C)CC(O)(CC)CCC(C)O. The molecule has 0 spiro atoms. The van der Waals surface area contributed by atoms with E-state index in [9.17, 15) is 10.2 Å². The van der Waals surface area contributed by atoms with Gasteiger partial charge in [-0.25, -0.2) is 0 Å². The molecule has 2 nitrogen and oxygen atoms in total. The highest BCUT2D eigenvalue weighted by Gasteiger charge is 2.26. The van der Waals surface area contributed by atoms with E-state index >= 15 is 0 Å². The van der Waals surface area contributed by atoms with Crippen molar-refractivity contribution < 1.29 is 10.2 Å². The Bertz CT molecular complexity index is 145. The van der Waals surface area contributed by atoms with E-state index in [1.54, 1.807) is 6.92 Å². The minimum Gasteiger partial charge on any atom is -0.393 e. The molecule has 0 aliphatic rings. The standard InChI is InChI=1S/C12H26O2/c1-5-10(3)9-12(14,6-2)8-7-11(4)13/h10-11,13-14H,5-9H2,1-4H3. The van der Waals surface area contributed by atoms with Gasteiger partial charge in [-0.1, -0.05) is 27.2 Å². The second-order valence-corrected chi connectivity index (χ2v) is 4.68. The Balaban J connectivity index is 4.03. The van der Waals surface area contributed by atoms with Gasteiger partial charge in [0.2, 0.25) is 0 Å². The Morgan fingerprint density at radius 2 is 1.79 bits per heavy atom. The molecule has 0 radical (unpaired) electrons. The van der Waals surface area contributed by atoms with Crippen LogP contribution in [0, 0.1) is 5.92 Å². The fourth-order valence-electron chi connectivity index (χ4n) is 1.69. The minimum atomic E-state index is -0.563. The summed E-state index contributed by atoms with van der Waals surface area (Å²) in [6.45, 7) is 8.11. The number of aliphatic hydroxyl groups excluding tert-OH is 1. The molecule has 0 bridgehead atoms. The van der Waals surface area contributed by atoms with Gasteiger partial charge in [-0.15, -0.1) is 0 Å². The molecule has 0 aromatic rings. The third-order valence-electron chi connectivity index (χ3n) is 3.11. The first kappa shape index (κ1) is 13.9. The van der Waals surface area contributed by atoms with Gasteiger partial charge in [0.1, 0.15) is 0 Å². The molecule has 0 heterocycles. The summed E-state index contributed by atoms with van der Waals surface area (Å²) in [4.78, 5) is 0. The van der Waals surface area contributed by atoms with Crippen molar-refractivity contribution in [3.05, 3.63) is 0 Å². The molecule has 0 fully saturated rings. The van der Waals surface area contributed by atoms with Gasteiger partial charge in [-0.3, -0.25) is 0 Å². The Morgan fingerprint density at radius 1 is 1.21 bits per heavy atom. The maximum atomic E-state index is 10.3. The summed E-state index contributed by atoms with van der Waals surface area (Å²) in [5.41, 5.74) is -0.563. The number of rotatable bonds is 7. The van der Waals surface area contributed by atoms with Crippen molar-refractivity contribution >= 4 is 0 Å². The fourth-order valence-corrected chi connectivity index (χ4v) is 1.69. The van der Waals surface area contributed by atoms with Gasteiger partial charge in [0, 0.05) is 0 Å². The zero-order valence-electron chi connectivity index (χ0n) is 10.1.